The lowest BCUT2D eigenvalue weighted by atomic mass is 10.1. The van der Waals surface area contributed by atoms with Crippen molar-refractivity contribution in [3.05, 3.63) is 56.6 Å². The molecule has 4 aromatic rings. The molecule has 16 heteroatoms. The van der Waals surface area contributed by atoms with Crippen molar-refractivity contribution in [2.45, 2.75) is 118 Å². The van der Waals surface area contributed by atoms with Crippen LogP contribution < -0.4 is 27.3 Å². The Morgan fingerprint density at radius 3 is 1.65 bits per heavy atom. The van der Waals surface area contributed by atoms with Crippen LogP contribution in [0.15, 0.2) is 34.1 Å². The average Bonchev–Trinajstić information content (AvgIpc) is 3.64. The van der Waals surface area contributed by atoms with Gasteiger partial charge in [-0.2, -0.15) is 13.7 Å². The number of imidazole rings is 2. The van der Waals surface area contributed by atoms with Crippen molar-refractivity contribution in [3.63, 3.8) is 0 Å². The van der Waals surface area contributed by atoms with E-state index in [1.165, 1.54) is 6.20 Å². The zero-order valence-electron chi connectivity index (χ0n) is 32.9. The molecule has 3 amide bonds. The summed E-state index contributed by atoms with van der Waals surface area (Å²) < 4.78 is 8.98. The maximum absolute atomic E-state index is 13.7. The highest BCUT2D eigenvalue weighted by molar-refractivity contribution is 5.95. The Balaban J connectivity index is 1.41. The fraction of sp³-hybridized carbons (Fsp3) is 0.590. The quantitative estimate of drug-likeness (QED) is 0.0920. The van der Waals surface area contributed by atoms with Crippen LogP contribution >= 0.6 is 0 Å². The molecule has 0 fully saturated rings. The van der Waals surface area contributed by atoms with E-state index < -0.39 is 35.6 Å². The monoisotopic (exact) mass is 763 g/mol. The third-order valence-corrected chi connectivity index (χ3v) is 9.33. The lowest BCUT2D eigenvalue weighted by Gasteiger charge is -2.09. The van der Waals surface area contributed by atoms with Crippen LogP contribution in [0, 0.1) is 12.8 Å². The number of unbranched alkanes of at least 4 members (excludes halogenated alkanes) is 9. The Morgan fingerprint density at radius 1 is 0.636 bits per heavy atom. The van der Waals surface area contributed by atoms with Gasteiger partial charge in [-0.15, -0.1) is 0 Å². The Morgan fingerprint density at radius 2 is 1.11 bits per heavy atom. The largest absolute Gasteiger partial charge is 0.449 e. The van der Waals surface area contributed by atoms with Gasteiger partial charge in [0.2, 0.25) is 0 Å². The third kappa shape index (κ3) is 10.7. The van der Waals surface area contributed by atoms with Crippen LogP contribution in [0.25, 0.3) is 22.3 Å². The lowest BCUT2D eigenvalue weighted by molar-refractivity contribution is 0.134. The van der Waals surface area contributed by atoms with Gasteiger partial charge in [0.1, 0.15) is 11.0 Å². The van der Waals surface area contributed by atoms with Gasteiger partial charge < -0.3 is 20.7 Å². The van der Waals surface area contributed by atoms with Gasteiger partial charge in [0, 0.05) is 32.0 Å². The molecule has 300 valence electrons. The van der Waals surface area contributed by atoms with E-state index in [1.54, 1.807) is 25.3 Å². The molecule has 0 spiro atoms. The van der Waals surface area contributed by atoms with Crippen molar-refractivity contribution in [2.24, 2.45) is 5.92 Å². The number of hydrogen-bond acceptors (Lipinski definition) is 9. The first-order valence-corrected chi connectivity index (χ1v) is 19.7. The first kappa shape index (κ1) is 42.5. The highest BCUT2D eigenvalue weighted by atomic mass is 16.5. The highest BCUT2D eigenvalue weighted by Gasteiger charge is 2.27. The summed E-state index contributed by atoms with van der Waals surface area (Å²) in [6.45, 7) is 10.9. The topological polar surface area (TPSA) is 193 Å². The number of nitrogens with zero attached hydrogens (tertiary/aromatic N) is 6. The van der Waals surface area contributed by atoms with Gasteiger partial charge in [0.25, 0.3) is 0 Å². The molecule has 4 heterocycles. The molecule has 0 unspecified atom stereocenters. The predicted octanol–water partition coefficient (Wildman–Crippen LogP) is 6.30. The summed E-state index contributed by atoms with van der Waals surface area (Å²) in [6, 6.07) is 1.52. The van der Waals surface area contributed by atoms with Crippen LogP contribution in [0.2, 0.25) is 0 Å². The standard InChI is InChI=1S/C39H57N9O7/c1-6-8-10-15-21-42-34(49)45-31-29(20-25-41-33(31)48(37(45)52)36(51)43-22-16-11-9-7-2)18-14-12-13-17-23-44-35(50)47-32-30(28(5)19-24-40-32)46(38(47)53)39(54)55-26-27(3)4/h19-20,24-25,27H,6-18,21-23,26H2,1-5H3,(H,42,49)(H,43,51)(H,44,50). The Hall–Kier alpha value is -5.28. The fourth-order valence-electron chi connectivity index (χ4n) is 6.39. The molecule has 0 bridgehead atoms. The minimum atomic E-state index is -0.865. The van der Waals surface area contributed by atoms with E-state index in [0.717, 1.165) is 88.0 Å². The fourth-order valence-corrected chi connectivity index (χ4v) is 6.39. The smallest absolute Gasteiger partial charge is 0.422 e. The van der Waals surface area contributed by atoms with Gasteiger partial charge >= 0.3 is 35.6 Å². The van der Waals surface area contributed by atoms with Crippen molar-refractivity contribution in [3.8, 4) is 0 Å². The Labute approximate surface area is 321 Å². The lowest BCUT2D eigenvalue weighted by Crippen LogP contribution is -2.41. The minimum absolute atomic E-state index is 0.0598. The molecule has 0 aromatic carbocycles. The Kier molecular flexibility index (Phi) is 16.2. The average molecular weight is 764 g/mol. The van der Waals surface area contributed by atoms with E-state index in [0.29, 0.717) is 43.4 Å². The van der Waals surface area contributed by atoms with E-state index in [1.807, 2.05) is 13.8 Å². The minimum Gasteiger partial charge on any atom is -0.449 e. The van der Waals surface area contributed by atoms with Gasteiger partial charge in [-0.1, -0.05) is 79.1 Å². The summed E-state index contributed by atoms with van der Waals surface area (Å²) in [5, 5.41) is 8.43. The number of rotatable bonds is 19. The molecule has 0 atom stereocenters. The second kappa shape index (κ2) is 21.0. The van der Waals surface area contributed by atoms with Crippen LogP contribution in [-0.4, -0.2) is 78.7 Å². The van der Waals surface area contributed by atoms with E-state index >= 15 is 0 Å². The van der Waals surface area contributed by atoms with Crippen molar-refractivity contribution >= 4 is 46.5 Å². The molecule has 0 saturated heterocycles. The van der Waals surface area contributed by atoms with Gasteiger partial charge in [-0.05, 0) is 68.2 Å². The number of fused-ring (bicyclic) bond motifs is 2. The molecular weight excluding hydrogens is 706 g/mol. The Bertz CT molecular complexity index is 2060. The predicted molar refractivity (Wildman–Crippen MR) is 211 cm³/mol. The molecule has 0 aliphatic heterocycles. The zero-order valence-corrected chi connectivity index (χ0v) is 32.9. The number of amides is 3. The molecule has 16 nitrogen and oxygen atoms in total. The number of hydrogen-bond donors (Lipinski definition) is 3. The molecule has 4 aromatic heterocycles. The maximum Gasteiger partial charge on any atom is 0.422 e. The van der Waals surface area contributed by atoms with Crippen LogP contribution in [-0.2, 0) is 11.2 Å². The van der Waals surface area contributed by atoms with Gasteiger partial charge in [-0.3, -0.25) is 0 Å². The molecule has 3 N–H and O–H groups in total. The van der Waals surface area contributed by atoms with E-state index in [4.69, 9.17) is 4.74 Å². The number of aryl methyl sites for hydroxylation is 2. The summed E-state index contributed by atoms with van der Waals surface area (Å²) in [5.41, 5.74) is 0.428. The SMILES string of the molecule is CCCCCCNC(=O)n1c(=O)n(C(=O)NCCCCCC)c2c(CCCCCCNC(=O)n3c(=O)n(C(=O)OCC(C)C)c4c(C)ccnc43)ccnc21. The summed E-state index contributed by atoms with van der Waals surface area (Å²) in [7, 11) is 0. The van der Waals surface area contributed by atoms with Crippen molar-refractivity contribution < 1.29 is 23.9 Å². The molecule has 4 rings (SSSR count). The van der Waals surface area contributed by atoms with Crippen LogP contribution in [0.4, 0.5) is 19.2 Å². The van der Waals surface area contributed by atoms with Crippen LogP contribution in [0.3, 0.4) is 0 Å². The number of pyridine rings is 2. The molecule has 0 aliphatic rings. The zero-order chi connectivity index (χ0) is 39.9. The highest BCUT2D eigenvalue weighted by Crippen LogP contribution is 2.20. The number of carbonyl (C=O) groups excluding carboxylic acids is 4. The van der Waals surface area contributed by atoms with Crippen LogP contribution in [0.5, 0.6) is 0 Å². The molecule has 55 heavy (non-hydrogen) atoms. The second-order valence-corrected chi connectivity index (χ2v) is 14.3. The molecule has 0 saturated carbocycles. The number of ether oxygens (including phenoxy) is 1. The summed E-state index contributed by atoms with van der Waals surface area (Å²) in [6.07, 6.45) is 13.2. The maximum atomic E-state index is 13.7. The van der Waals surface area contributed by atoms with Crippen molar-refractivity contribution in [1.29, 1.82) is 0 Å². The van der Waals surface area contributed by atoms with E-state index in [-0.39, 0.29) is 35.9 Å². The first-order valence-electron chi connectivity index (χ1n) is 19.7. The normalized spacial score (nSPS) is 11.4. The van der Waals surface area contributed by atoms with Crippen molar-refractivity contribution in [2.75, 3.05) is 26.2 Å². The van der Waals surface area contributed by atoms with Gasteiger partial charge in [0.15, 0.2) is 11.3 Å². The number of carbonyl (C=O) groups is 4. The summed E-state index contributed by atoms with van der Waals surface area (Å²) in [5.74, 6) is 0.0598. The molecule has 0 aliphatic carbocycles. The third-order valence-electron chi connectivity index (χ3n) is 9.33. The second-order valence-electron chi connectivity index (χ2n) is 14.3. The first-order chi connectivity index (χ1) is 26.5. The van der Waals surface area contributed by atoms with Crippen molar-refractivity contribution in [1.82, 2.24) is 44.2 Å². The van der Waals surface area contributed by atoms with E-state index in [9.17, 15) is 28.8 Å². The van der Waals surface area contributed by atoms with Gasteiger partial charge in [0.05, 0.1) is 6.61 Å². The molecule has 0 radical (unpaired) electrons. The summed E-state index contributed by atoms with van der Waals surface area (Å²) in [4.78, 5) is 88.4. The summed E-state index contributed by atoms with van der Waals surface area (Å²) >= 11 is 0. The van der Waals surface area contributed by atoms with Gasteiger partial charge in [-0.25, -0.2) is 43.3 Å². The van der Waals surface area contributed by atoms with Crippen LogP contribution in [0.1, 0.15) is 116 Å². The number of nitrogens with one attached hydrogen (secondary N) is 3. The molecular formula is C39H57N9O7. The van der Waals surface area contributed by atoms with E-state index in [2.05, 4.69) is 39.8 Å². The number of aromatic nitrogens is 6.